The van der Waals surface area contributed by atoms with E-state index in [0.717, 1.165) is 19.5 Å². The van der Waals surface area contributed by atoms with E-state index in [9.17, 15) is 13.2 Å². The number of hydrogen-bond donors (Lipinski definition) is 2. The minimum atomic E-state index is -3.55. The molecule has 0 aliphatic carbocycles. The van der Waals surface area contributed by atoms with Crippen LogP contribution in [0.4, 0.5) is 5.69 Å². The van der Waals surface area contributed by atoms with Crippen LogP contribution < -0.4 is 11.1 Å². The van der Waals surface area contributed by atoms with E-state index in [2.05, 4.69) is 24.1 Å². The van der Waals surface area contributed by atoms with Crippen molar-refractivity contribution < 1.29 is 13.2 Å². The van der Waals surface area contributed by atoms with Crippen molar-refractivity contribution in [3.05, 3.63) is 24.3 Å². The zero-order valence-electron chi connectivity index (χ0n) is 16.7. The highest BCUT2D eigenvalue weighted by Gasteiger charge is 2.33. The lowest BCUT2D eigenvalue weighted by atomic mass is 9.80. The van der Waals surface area contributed by atoms with Gasteiger partial charge in [-0.2, -0.15) is 4.31 Å². The average Bonchev–Trinajstić information content (AvgIpc) is 2.59. The lowest BCUT2D eigenvalue weighted by Gasteiger charge is -2.42. The van der Waals surface area contributed by atoms with Gasteiger partial charge in [0.1, 0.15) is 0 Å². The van der Waals surface area contributed by atoms with E-state index in [1.165, 1.54) is 10.4 Å². The van der Waals surface area contributed by atoms with E-state index >= 15 is 0 Å². The normalized spacial score (nSPS) is 20.6. The van der Waals surface area contributed by atoms with Gasteiger partial charge in [-0.3, -0.25) is 9.69 Å². The highest BCUT2D eigenvalue weighted by Crippen LogP contribution is 2.27. The Kier molecular flexibility index (Phi) is 7.02. The summed E-state index contributed by atoms with van der Waals surface area (Å²) in [5.41, 5.74) is 6.60. The topological polar surface area (TPSA) is 95.7 Å². The first-order valence-electron chi connectivity index (χ1n) is 9.48. The molecular formula is C19H32N4O3S. The fourth-order valence-electron chi connectivity index (χ4n) is 3.47. The molecule has 0 spiro atoms. The predicted octanol–water partition coefficient (Wildman–Crippen LogP) is 1.71. The van der Waals surface area contributed by atoms with Crippen molar-refractivity contribution in [2.75, 3.05) is 38.0 Å². The minimum absolute atomic E-state index is 0.0315. The number of benzene rings is 1. The maximum Gasteiger partial charge on any atom is 0.243 e. The molecule has 1 aromatic carbocycles. The Labute approximate surface area is 163 Å². The van der Waals surface area contributed by atoms with Crippen LogP contribution in [-0.2, 0) is 14.8 Å². The van der Waals surface area contributed by atoms with Crippen LogP contribution in [0.15, 0.2) is 29.2 Å². The van der Waals surface area contributed by atoms with Gasteiger partial charge in [0.05, 0.1) is 11.4 Å². The van der Waals surface area contributed by atoms with Crippen LogP contribution in [0.5, 0.6) is 0 Å². The third kappa shape index (κ3) is 5.28. The van der Waals surface area contributed by atoms with Crippen molar-refractivity contribution >= 4 is 21.6 Å². The monoisotopic (exact) mass is 396 g/mol. The minimum Gasteiger partial charge on any atom is -0.327 e. The van der Waals surface area contributed by atoms with Crippen LogP contribution in [-0.4, -0.2) is 62.3 Å². The molecule has 7 nitrogen and oxygen atoms in total. The van der Waals surface area contributed by atoms with Crippen LogP contribution in [0.25, 0.3) is 0 Å². The van der Waals surface area contributed by atoms with Gasteiger partial charge in [0.25, 0.3) is 0 Å². The molecule has 0 radical (unpaired) electrons. The molecule has 1 amide bonds. The van der Waals surface area contributed by atoms with E-state index in [1.807, 2.05) is 0 Å². The number of carbonyl (C=O) groups is 1. The third-order valence-corrected chi connectivity index (χ3v) is 7.27. The van der Waals surface area contributed by atoms with Gasteiger partial charge in [-0.1, -0.05) is 33.8 Å². The number of sulfonamides is 1. The van der Waals surface area contributed by atoms with Crippen LogP contribution >= 0.6 is 0 Å². The van der Waals surface area contributed by atoms with Crippen LogP contribution in [0, 0.1) is 5.41 Å². The molecule has 1 aromatic rings. The Balaban J connectivity index is 2.05. The number of amides is 1. The number of nitrogens with two attached hydrogens (primary N) is 1. The molecule has 0 bridgehead atoms. The quantitative estimate of drug-likeness (QED) is 0.732. The van der Waals surface area contributed by atoms with Crippen molar-refractivity contribution in [3.63, 3.8) is 0 Å². The van der Waals surface area contributed by atoms with E-state index in [4.69, 9.17) is 5.73 Å². The molecule has 27 heavy (non-hydrogen) atoms. The lowest BCUT2D eigenvalue weighted by Crippen LogP contribution is -2.53. The Morgan fingerprint density at radius 1 is 1.33 bits per heavy atom. The Morgan fingerprint density at radius 2 is 2.00 bits per heavy atom. The summed E-state index contributed by atoms with van der Waals surface area (Å²) < 4.78 is 26.7. The highest BCUT2D eigenvalue weighted by molar-refractivity contribution is 7.89. The molecule has 0 saturated carbocycles. The summed E-state index contributed by atoms with van der Waals surface area (Å²) in [6.45, 7) is 10.5. The van der Waals surface area contributed by atoms with Crippen molar-refractivity contribution in [1.82, 2.24) is 9.21 Å². The molecule has 1 saturated heterocycles. The summed E-state index contributed by atoms with van der Waals surface area (Å²) in [4.78, 5) is 14.7. The molecule has 1 heterocycles. The molecule has 1 aliphatic rings. The van der Waals surface area contributed by atoms with Crippen molar-refractivity contribution in [1.29, 1.82) is 0 Å². The largest absolute Gasteiger partial charge is 0.327 e. The maximum atomic E-state index is 12.6. The fourth-order valence-corrected chi connectivity index (χ4v) is 4.97. The second-order valence-electron chi connectivity index (χ2n) is 7.76. The number of piperidine rings is 1. The summed E-state index contributed by atoms with van der Waals surface area (Å²) in [5, 5.41) is 2.82. The van der Waals surface area contributed by atoms with E-state index < -0.39 is 10.0 Å². The molecule has 1 unspecified atom stereocenters. The van der Waals surface area contributed by atoms with Gasteiger partial charge >= 0.3 is 0 Å². The van der Waals surface area contributed by atoms with Gasteiger partial charge in [-0.25, -0.2) is 8.42 Å². The summed E-state index contributed by atoms with van der Waals surface area (Å²) in [5.74, 6) is -0.154. The van der Waals surface area contributed by atoms with Crippen LogP contribution in [0.3, 0.4) is 0 Å². The van der Waals surface area contributed by atoms with E-state index in [-0.39, 0.29) is 28.8 Å². The molecule has 3 N–H and O–H groups in total. The second kappa shape index (κ2) is 8.68. The summed E-state index contributed by atoms with van der Waals surface area (Å²) >= 11 is 0. The molecule has 2 rings (SSSR count). The lowest BCUT2D eigenvalue weighted by molar-refractivity contribution is -0.118. The molecular weight excluding hydrogens is 364 g/mol. The zero-order chi connectivity index (χ0) is 20.2. The maximum absolute atomic E-state index is 12.6. The Bertz CT molecular complexity index is 760. The molecule has 1 fully saturated rings. The fraction of sp³-hybridized carbons (Fsp3) is 0.632. The molecule has 1 aliphatic heterocycles. The molecule has 152 valence electrons. The second-order valence-corrected chi connectivity index (χ2v) is 9.70. The molecule has 1 atom stereocenters. The predicted molar refractivity (Wildman–Crippen MR) is 108 cm³/mol. The first-order chi connectivity index (χ1) is 12.6. The van der Waals surface area contributed by atoms with Crippen molar-refractivity contribution in [2.24, 2.45) is 11.1 Å². The number of likely N-dealkylation sites (tertiary alicyclic amines) is 1. The van der Waals surface area contributed by atoms with Crippen LogP contribution in [0.2, 0.25) is 0 Å². The number of carbonyl (C=O) groups excluding carboxylic acids is 1. The molecule has 8 heteroatoms. The number of anilines is 1. The Morgan fingerprint density at radius 3 is 2.59 bits per heavy atom. The SMILES string of the molecule is CCN(CC)S(=O)(=O)c1cccc(NC(=O)CN2CCC(N)C(C)(C)C2)c1. The van der Waals surface area contributed by atoms with Gasteiger partial charge in [0.15, 0.2) is 0 Å². The molecule has 0 aromatic heterocycles. The van der Waals surface area contributed by atoms with Gasteiger partial charge in [-0.15, -0.1) is 0 Å². The van der Waals surface area contributed by atoms with E-state index in [1.54, 1.807) is 32.0 Å². The highest BCUT2D eigenvalue weighted by atomic mass is 32.2. The Hall–Kier alpha value is -1.48. The summed E-state index contributed by atoms with van der Waals surface area (Å²) in [6.07, 6.45) is 0.859. The smallest absolute Gasteiger partial charge is 0.243 e. The van der Waals surface area contributed by atoms with Gasteiger partial charge in [-0.05, 0) is 30.0 Å². The summed E-state index contributed by atoms with van der Waals surface area (Å²) in [6, 6.07) is 6.56. The standard InChI is InChI=1S/C19H32N4O3S/c1-5-23(6-2)27(25,26)16-9-7-8-15(12-16)21-18(24)13-22-11-10-17(20)19(3,4)14-22/h7-9,12,17H,5-6,10-11,13-14,20H2,1-4H3,(H,21,24). The number of hydrogen-bond acceptors (Lipinski definition) is 5. The van der Waals surface area contributed by atoms with Gasteiger partial charge in [0, 0.05) is 37.9 Å². The zero-order valence-corrected chi connectivity index (χ0v) is 17.6. The first kappa shape index (κ1) is 21.8. The summed E-state index contributed by atoms with van der Waals surface area (Å²) in [7, 11) is -3.55. The number of nitrogens with one attached hydrogen (secondary N) is 1. The average molecular weight is 397 g/mol. The first-order valence-corrected chi connectivity index (χ1v) is 10.9. The number of nitrogens with zero attached hydrogens (tertiary/aromatic N) is 2. The third-order valence-electron chi connectivity index (χ3n) is 5.22. The van der Waals surface area contributed by atoms with Gasteiger partial charge in [0.2, 0.25) is 15.9 Å². The van der Waals surface area contributed by atoms with Crippen LogP contribution in [0.1, 0.15) is 34.1 Å². The van der Waals surface area contributed by atoms with E-state index in [0.29, 0.717) is 18.8 Å². The number of rotatable bonds is 7. The van der Waals surface area contributed by atoms with Crippen molar-refractivity contribution in [2.45, 2.75) is 45.1 Å². The van der Waals surface area contributed by atoms with Gasteiger partial charge < -0.3 is 11.1 Å². The van der Waals surface area contributed by atoms with Crippen molar-refractivity contribution in [3.8, 4) is 0 Å².